The zero-order chi connectivity index (χ0) is 28.2. The molecule has 4 aromatic rings. The van der Waals surface area contributed by atoms with Crippen molar-refractivity contribution in [3.05, 3.63) is 85.5 Å². The third-order valence-corrected chi connectivity index (χ3v) is 7.97. The smallest absolute Gasteiger partial charge is 0.356 e. The molecule has 0 spiro atoms. The lowest BCUT2D eigenvalue weighted by molar-refractivity contribution is -0.0752. The Labute approximate surface area is 234 Å². The average Bonchev–Trinajstić information content (AvgIpc) is 3.37. The van der Waals surface area contributed by atoms with Crippen LogP contribution in [0.3, 0.4) is 0 Å². The van der Waals surface area contributed by atoms with Crippen molar-refractivity contribution in [2.75, 3.05) is 26.9 Å². The summed E-state index contributed by atoms with van der Waals surface area (Å²) in [6.45, 7) is 5.03. The summed E-state index contributed by atoms with van der Waals surface area (Å²) >= 11 is 1.33. The van der Waals surface area contributed by atoms with Crippen molar-refractivity contribution in [1.82, 2.24) is 14.1 Å². The maximum absolute atomic E-state index is 14.1. The highest BCUT2D eigenvalue weighted by Crippen LogP contribution is 2.33. The molecule has 0 N–H and O–H groups in total. The number of thiophene rings is 1. The molecule has 0 aliphatic carbocycles. The summed E-state index contributed by atoms with van der Waals surface area (Å²) in [4.78, 5) is 45.0. The fourth-order valence-corrected chi connectivity index (χ4v) is 5.93. The van der Waals surface area contributed by atoms with Gasteiger partial charge < -0.3 is 18.9 Å². The molecule has 3 aromatic heterocycles. The van der Waals surface area contributed by atoms with E-state index in [2.05, 4.69) is 4.98 Å². The minimum absolute atomic E-state index is 0.00841. The van der Waals surface area contributed by atoms with E-state index in [4.69, 9.17) is 18.9 Å². The van der Waals surface area contributed by atoms with Crippen LogP contribution < -0.4 is 16.0 Å². The first kappa shape index (κ1) is 27.8. The molecule has 11 heteroatoms. The number of esters is 1. The van der Waals surface area contributed by atoms with Crippen molar-refractivity contribution in [3.63, 3.8) is 0 Å². The van der Waals surface area contributed by atoms with E-state index < -0.39 is 23.3 Å². The van der Waals surface area contributed by atoms with Crippen molar-refractivity contribution >= 4 is 27.5 Å². The Balaban J connectivity index is 1.66. The standard InChI is InChI=1S/C29H31N3O7S/c1-4-38-28(34)21-9-7-11-24(30-21)32-26(33)25-18(2)17-40-27(25)31(29(32)35)16-23(39-19-12-14-37-15-13-19)20-8-5-6-10-22(20)36-3/h5-11,17,19,23H,4,12-16H2,1-3H3/t23-/m0/s1. The summed E-state index contributed by atoms with van der Waals surface area (Å²) in [5.74, 6) is 0.0518. The van der Waals surface area contributed by atoms with Gasteiger partial charge in [0.2, 0.25) is 0 Å². The van der Waals surface area contributed by atoms with Crippen molar-refractivity contribution in [2.45, 2.75) is 45.4 Å². The predicted molar refractivity (Wildman–Crippen MR) is 151 cm³/mol. The summed E-state index contributed by atoms with van der Waals surface area (Å²) in [5, 5.41) is 2.27. The minimum atomic E-state index is -0.633. The Hall–Kier alpha value is -3.80. The number of benzene rings is 1. The monoisotopic (exact) mass is 565 g/mol. The lowest BCUT2D eigenvalue weighted by Crippen LogP contribution is -2.40. The fraction of sp³-hybridized carbons (Fsp3) is 0.379. The van der Waals surface area contributed by atoms with Gasteiger partial charge in [-0.3, -0.25) is 9.36 Å². The number of hydrogen-bond donors (Lipinski definition) is 0. The molecule has 1 aromatic carbocycles. The molecule has 10 nitrogen and oxygen atoms in total. The number of carbonyl (C=O) groups excluding carboxylic acids is 1. The molecule has 1 aliphatic heterocycles. The molecule has 0 radical (unpaired) electrons. The van der Waals surface area contributed by atoms with Crippen LogP contribution in [0.1, 0.15) is 47.5 Å². The van der Waals surface area contributed by atoms with Crippen LogP contribution in [-0.2, 0) is 20.8 Å². The van der Waals surface area contributed by atoms with Crippen molar-refractivity contribution < 1.29 is 23.7 Å². The highest BCUT2D eigenvalue weighted by molar-refractivity contribution is 7.17. The molecule has 0 amide bonds. The van der Waals surface area contributed by atoms with Crippen LogP contribution in [0.5, 0.6) is 5.75 Å². The molecule has 1 aliphatic rings. The number of hydrogen-bond acceptors (Lipinski definition) is 9. The second-order valence-corrected chi connectivity index (χ2v) is 10.3. The summed E-state index contributed by atoms with van der Waals surface area (Å²) in [7, 11) is 1.60. The van der Waals surface area contributed by atoms with Crippen LogP contribution in [0.4, 0.5) is 0 Å². The van der Waals surface area contributed by atoms with Gasteiger partial charge in [-0.25, -0.2) is 19.1 Å². The van der Waals surface area contributed by atoms with Gasteiger partial charge in [-0.1, -0.05) is 24.3 Å². The molecule has 1 saturated heterocycles. The summed E-state index contributed by atoms with van der Waals surface area (Å²) < 4.78 is 25.4. The van der Waals surface area contributed by atoms with Crippen LogP contribution in [-0.4, -0.2) is 53.1 Å². The highest BCUT2D eigenvalue weighted by Gasteiger charge is 2.27. The Morgan fingerprint density at radius 1 is 1.15 bits per heavy atom. The largest absolute Gasteiger partial charge is 0.496 e. The van der Waals surface area contributed by atoms with E-state index in [9.17, 15) is 14.4 Å². The number of ether oxygens (including phenoxy) is 4. The van der Waals surface area contributed by atoms with Crippen molar-refractivity contribution in [3.8, 4) is 11.6 Å². The molecule has 0 bridgehead atoms. The van der Waals surface area contributed by atoms with E-state index in [1.165, 1.54) is 23.5 Å². The first-order valence-electron chi connectivity index (χ1n) is 13.2. The third-order valence-electron chi connectivity index (χ3n) is 6.85. The first-order valence-corrected chi connectivity index (χ1v) is 14.0. The van der Waals surface area contributed by atoms with Crippen molar-refractivity contribution in [1.29, 1.82) is 0 Å². The van der Waals surface area contributed by atoms with Gasteiger partial charge in [0.1, 0.15) is 22.5 Å². The molecule has 4 heterocycles. The number of carbonyl (C=O) groups is 1. The SMILES string of the molecule is CCOC(=O)c1cccc(-n2c(=O)c3c(C)csc3n(C[C@H](OC3CCOCC3)c3ccccc3OC)c2=O)n1. The van der Waals surface area contributed by atoms with Crippen LogP contribution >= 0.6 is 11.3 Å². The van der Waals surface area contributed by atoms with E-state index >= 15 is 0 Å². The van der Waals surface area contributed by atoms with Gasteiger partial charge >= 0.3 is 11.7 Å². The number of aryl methyl sites for hydroxylation is 1. The number of methoxy groups -OCH3 is 1. The van der Waals surface area contributed by atoms with Crippen LogP contribution in [0.2, 0.25) is 0 Å². The number of pyridine rings is 1. The van der Waals surface area contributed by atoms with E-state index in [0.717, 1.165) is 28.5 Å². The molecule has 0 saturated carbocycles. The van der Waals surface area contributed by atoms with Gasteiger partial charge in [-0.05, 0) is 55.8 Å². The Kier molecular flexibility index (Phi) is 8.43. The summed E-state index contributed by atoms with van der Waals surface area (Å²) in [5.41, 5.74) is 0.471. The molecule has 1 atom stereocenters. The maximum Gasteiger partial charge on any atom is 0.356 e. The Morgan fingerprint density at radius 2 is 1.93 bits per heavy atom. The number of para-hydroxylation sites is 1. The van der Waals surface area contributed by atoms with Gasteiger partial charge in [0.15, 0.2) is 5.69 Å². The van der Waals surface area contributed by atoms with Crippen molar-refractivity contribution in [2.24, 2.45) is 0 Å². The van der Waals surface area contributed by atoms with Crippen LogP contribution in [0, 0.1) is 6.92 Å². The second kappa shape index (κ2) is 12.2. The lowest BCUT2D eigenvalue weighted by Gasteiger charge is -2.29. The van der Waals surface area contributed by atoms with Gasteiger partial charge in [0.05, 0.1) is 31.8 Å². The maximum atomic E-state index is 14.1. The predicted octanol–water partition coefficient (Wildman–Crippen LogP) is 4.04. The van der Waals surface area contributed by atoms with Gasteiger partial charge in [-0.2, -0.15) is 0 Å². The third kappa shape index (κ3) is 5.45. The van der Waals surface area contributed by atoms with E-state index in [1.54, 1.807) is 24.7 Å². The Morgan fingerprint density at radius 3 is 2.67 bits per heavy atom. The molecule has 0 unspecified atom stereocenters. The molecule has 5 rings (SSSR count). The normalized spacial score (nSPS) is 14.8. The van der Waals surface area contributed by atoms with E-state index in [1.807, 2.05) is 36.6 Å². The molecular formula is C29H31N3O7S. The van der Waals surface area contributed by atoms with Gasteiger partial charge in [0, 0.05) is 18.8 Å². The highest BCUT2D eigenvalue weighted by atomic mass is 32.1. The van der Waals surface area contributed by atoms with Gasteiger partial charge in [-0.15, -0.1) is 11.3 Å². The van der Waals surface area contributed by atoms with Gasteiger partial charge in [0.25, 0.3) is 5.56 Å². The first-order chi connectivity index (χ1) is 19.4. The number of aromatic nitrogens is 3. The number of nitrogens with zero attached hydrogens (tertiary/aromatic N) is 3. The summed E-state index contributed by atoms with van der Waals surface area (Å²) in [6.07, 6.45) is 0.858. The van der Waals surface area contributed by atoms with Crippen LogP contribution in [0.25, 0.3) is 16.0 Å². The Bertz CT molecular complexity index is 1630. The molecular weight excluding hydrogens is 534 g/mol. The molecule has 210 valence electrons. The van der Waals surface area contributed by atoms with E-state index in [-0.39, 0.29) is 30.8 Å². The number of rotatable bonds is 9. The fourth-order valence-electron chi connectivity index (χ4n) is 4.88. The zero-order valence-corrected chi connectivity index (χ0v) is 23.4. The minimum Gasteiger partial charge on any atom is -0.496 e. The second-order valence-electron chi connectivity index (χ2n) is 9.41. The zero-order valence-electron chi connectivity index (χ0n) is 22.6. The number of fused-ring (bicyclic) bond motifs is 1. The molecule has 1 fully saturated rings. The summed E-state index contributed by atoms with van der Waals surface area (Å²) in [6, 6.07) is 12.1. The average molecular weight is 566 g/mol. The van der Waals surface area contributed by atoms with Crippen LogP contribution in [0.15, 0.2) is 57.4 Å². The quantitative estimate of drug-likeness (QED) is 0.280. The van der Waals surface area contributed by atoms with E-state index in [0.29, 0.717) is 29.2 Å². The molecule has 40 heavy (non-hydrogen) atoms. The topological polar surface area (TPSA) is 111 Å². The lowest BCUT2D eigenvalue weighted by atomic mass is 10.1.